The minimum atomic E-state index is -0.242. The molecule has 0 aliphatic carbocycles. The number of carbonyl (C=O) groups is 1. The number of aliphatic imine (C=N–C) groups is 1. The third-order valence-electron chi connectivity index (χ3n) is 4.90. The van der Waals surface area contributed by atoms with Crippen LogP contribution in [0.3, 0.4) is 0 Å². The molecule has 1 atom stereocenters. The Morgan fingerprint density at radius 3 is 2.50 bits per heavy atom. The van der Waals surface area contributed by atoms with E-state index in [0.29, 0.717) is 25.7 Å². The summed E-state index contributed by atoms with van der Waals surface area (Å²) in [6, 6.07) is 6.70. The standard InChI is InChI=1S/C21H34FN5O2.HI/c1-4-5-10-23-21(25-16-20(28)26(2)3)24-15-19(27-11-13-29-14-12-27)17-6-8-18(22)9-7-17;/h6-9,19H,4-5,10-16H2,1-3H3,(H2,23,24,25);1H. The third-order valence-corrected chi connectivity index (χ3v) is 4.90. The number of ether oxygens (including phenoxy) is 1. The monoisotopic (exact) mass is 535 g/mol. The average molecular weight is 535 g/mol. The lowest BCUT2D eigenvalue weighted by atomic mass is 10.0. The number of nitrogens with one attached hydrogen (secondary N) is 2. The first-order valence-corrected chi connectivity index (χ1v) is 10.3. The molecule has 1 aromatic rings. The number of carbonyl (C=O) groups excluding carboxylic acids is 1. The van der Waals surface area contributed by atoms with Gasteiger partial charge in [-0.25, -0.2) is 9.38 Å². The maximum atomic E-state index is 13.4. The van der Waals surface area contributed by atoms with Crippen molar-refractivity contribution in [3.63, 3.8) is 0 Å². The Labute approximate surface area is 196 Å². The normalized spacial score (nSPS) is 15.8. The van der Waals surface area contributed by atoms with E-state index in [4.69, 9.17) is 4.74 Å². The summed E-state index contributed by atoms with van der Waals surface area (Å²) in [4.78, 5) is 20.2. The molecule has 2 N–H and O–H groups in total. The van der Waals surface area contributed by atoms with Gasteiger partial charge in [0.2, 0.25) is 5.91 Å². The lowest BCUT2D eigenvalue weighted by Crippen LogP contribution is -2.46. The number of morpholine rings is 1. The van der Waals surface area contributed by atoms with Crippen LogP contribution in [0.15, 0.2) is 29.3 Å². The first kappa shape index (κ1) is 26.6. The first-order chi connectivity index (χ1) is 14.0. The van der Waals surface area contributed by atoms with Crippen LogP contribution in [0.4, 0.5) is 4.39 Å². The number of unbranched alkanes of at least 4 members (excludes halogenated alkanes) is 1. The molecular formula is C21H35FIN5O2. The predicted octanol–water partition coefficient (Wildman–Crippen LogP) is 2.24. The lowest BCUT2D eigenvalue weighted by Gasteiger charge is -2.35. The number of nitrogens with zero attached hydrogens (tertiary/aromatic N) is 3. The minimum Gasteiger partial charge on any atom is -0.379 e. The maximum absolute atomic E-state index is 13.4. The SMILES string of the molecule is CCCCNC(=NCC(=O)N(C)C)NCC(c1ccc(F)cc1)N1CCOCC1.I. The van der Waals surface area contributed by atoms with Gasteiger partial charge >= 0.3 is 0 Å². The van der Waals surface area contributed by atoms with Crippen LogP contribution in [0.5, 0.6) is 0 Å². The van der Waals surface area contributed by atoms with Crippen LogP contribution in [0.2, 0.25) is 0 Å². The molecule has 170 valence electrons. The Kier molecular flexibility index (Phi) is 12.9. The maximum Gasteiger partial charge on any atom is 0.243 e. The molecule has 1 aromatic carbocycles. The van der Waals surface area contributed by atoms with E-state index in [-0.39, 0.29) is 48.3 Å². The van der Waals surface area contributed by atoms with Crippen LogP contribution < -0.4 is 10.6 Å². The molecule has 1 aliphatic rings. The lowest BCUT2D eigenvalue weighted by molar-refractivity contribution is -0.127. The van der Waals surface area contributed by atoms with Gasteiger partial charge in [0.05, 0.1) is 19.3 Å². The van der Waals surface area contributed by atoms with Crippen molar-refractivity contribution in [2.75, 3.05) is 60.0 Å². The van der Waals surface area contributed by atoms with Crippen LogP contribution in [-0.2, 0) is 9.53 Å². The topological polar surface area (TPSA) is 69.2 Å². The summed E-state index contributed by atoms with van der Waals surface area (Å²) < 4.78 is 18.9. The highest BCUT2D eigenvalue weighted by Gasteiger charge is 2.23. The average Bonchev–Trinajstić information content (AvgIpc) is 2.73. The molecule has 2 rings (SSSR count). The fraction of sp³-hybridized carbons (Fsp3) is 0.619. The summed E-state index contributed by atoms with van der Waals surface area (Å²) in [5.41, 5.74) is 1.04. The van der Waals surface area contributed by atoms with Gasteiger partial charge in [0, 0.05) is 40.3 Å². The van der Waals surface area contributed by atoms with E-state index in [1.165, 1.54) is 17.0 Å². The fourth-order valence-electron chi connectivity index (χ4n) is 3.07. The van der Waals surface area contributed by atoms with Gasteiger partial charge in [-0.1, -0.05) is 25.5 Å². The zero-order chi connectivity index (χ0) is 21.1. The number of amides is 1. The van der Waals surface area contributed by atoms with Gasteiger partial charge in [-0.15, -0.1) is 24.0 Å². The number of guanidine groups is 1. The van der Waals surface area contributed by atoms with Gasteiger partial charge in [-0.05, 0) is 24.1 Å². The van der Waals surface area contributed by atoms with E-state index in [2.05, 4.69) is 27.4 Å². The molecule has 7 nitrogen and oxygen atoms in total. The Hall–Kier alpha value is -1.46. The first-order valence-electron chi connectivity index (χ1n) is 10.3. The molecule has 1 fully saturated rings. The Balaban J connectivity index is 0.00000450. The number of rotatable bonds is 9. The summed E-state index contributed by atoms with van der Waals surface area (Å²) in [7, 11) is 3.44. The molecule has 1 unspecified atom stereocenters. The van der Waals surface area contributed by atoms with E-state index in [0.717, 1.165) is 38.0 Å². The molecule has 1 amide bonds. The highest BCUT2D eigenvalue weighted by Crippen LogP contribution is 2.21. The van der Waals surface area contributed by atoms with Gasteiger partial charge in [0.1, 0.15) is 12.4 Å². The Morgan fingerprint density at radius 1 is 1.23 bits per heavy atom. The quantitative estimate of drug-likeness (QED) is 0.220. The van der Waals surface area contributed by atoms with Crippen LogP contribution in [0.1, 0.15) is 31.4 Å². The zero-order valence-electron chi connectivity index (χ0n) is 18.2. The number of benzene rings is 1. The molecular weight excluding hydrogens is 500 g/mol. The van der Waals surface area contributed by atoms with Gasteiger partial charge in [-0.3, -0.25) is 9.69 Å². The van der Waals surface area contributed by atoms with E-state index in [1.54, 1.807) is 14.1 Å². The molecule has 0 bridgehead atoms. The van der Waals surface area contributed by atoms with E-state index < -0.39 is 0 Å². The molecule has 1 heterocycles. The molecule has 1 saturated heterocycles. The number of hydrogen-bond donors (Lipinski definition) is 2. The zero-order valence-corrected chi connectivity index (χ0v) is 20.5. The second kappa shape index (κ2) is 14.5. The van der Waals surface area contributed by atoms with Crippen molar-refractivity contribution >= 4 is 35.8 Å². The van der Waals surface area contributed by atoms with Crippen LogP contribution >= 0.6 is 24.0 Å². The molecule has 0 aromatic heterocycles. The van der Waals surface area contributed by atoms with Crippen molar-refractivity contribution in [3.8, 4) is 0 Å². The van der Waals surface area contributed by atoms with Crippen molar-refractivity contribution in [2.45, 2.75) is 25.8 Å². The summed E-state index contributed by atoms with van der Waals surface area (Å²) in [5.74, 6) is 0.326. The van der Waals surface area contributed by atoms with Gasteiger partial charge in [0.25, 0.3) is 0 Å². The van der Waals surface area contributed by atoms with E-state index in [1.807, 2.05) is 12.1 Å². The fourth-order valence-corrected chi connectivity index (χ4v) is 3.07. The van der Waals surface area contributed by atoms with Crippen LogP contribution in [0, 0.1) is 5.82 Å². The molecule has 1 aliphatic heterocycles. The van der Waals surface area contributed by atoms with Gasteiger partial charge < -0.3 is 20.3 Å². The van der Waals surface area contributed by atoms with Crippen molar-refractivity contribution < 1.29 is 13.9 Å². The van der Waals surface area contributed by atoms with Crippen molar-refractivity contribution in [1.29, 1.82) is 0 Å². The van der Waals surface area contributed by atoms with E-state index in [9.17, 15) is 9.18 Å². The van der Waals surface area contributed by atoms with E-state index >= 15 is 0 Å². The number of halogens is 2. The molecule has 0 radical (unpaired) electrons. The Morgan fingerprint density at radius 2 is 1.90 bits per heavy atom. The highest BCUT2D eigenvalue weighted by molar-refractivity contribution is 14.0. The second-order valence-corrected chi connectivity index (χ2v) is 7.33. The van der Waals surface area contributed by atoms with Crippen molar-refractivity contribution in [2.24, 2.45) is 4.99 Å². The van der Waals surface area contributed by atoms with Crippen molar-refractivity contribution in [3.05, 3.63) is 35.6 Å². The smallest absolute Gasteiger partial charge is 0.243 e. The highest BCUT2D eigenvalue weighted by atomic mass is 127. The summed E-state index contributed by atoms with van der Waals surface area (Å²) >= 11 is 0. The van der Waals surface area contributed by atoms with Gasteiger partial charge in [-0.2, -0.15) is 0 Å². The summed E-state index contributed by atoms with van der Waals surface area (Å²) in [5, 5.41) is 6.67. The Bertz CT molecular complexity index is 651. The van der Waals surface area contributed by atoms with Gasteiger partial charge in [0.15, 0.2) is 5.96 Å². The molecule has 30 heavy (non-hydrogen) atoms. The third kappa shape index (κ3) is 9.13. The molecule has 0 saturated carbocycles. The van der Waals surface area contributed by atoms with Crippen LogP contribution in [-0.4, -0.2) is 81.7 Å². The molecule has 0 spiro atoms. The number of likely N-dealkylation sites (N-methyl/N-ethyl adjacent to an activating group) is 1. The predicted molar refractivity (Wildman–Crippen MR) is 129 cm³/mol. The minimum absolute atomic E-state index is 0. The summed E-state index contributed by atoms with van der Waals surface area (Å²) in [6.45, 7) is 6.61. The second-order valence-electron chi connectivity index (χ2n) is 7.33. The summed E-state index contributed by atoms with van der Waals surface area (Å²) in [6.07, 6.45) is 2.09. The van der Waals surface area contributed by atoms with Crippen molar-refractivity contribution in [1.82, 2.24) is 20.4 Å². The largest absolute Gasteiger partial charge is 0.379 e. The number of hydrogen-bond acceptors (Lipinski definition) is 4. The van der Waals surface area contributed by atoms with Crippen LogP contribution in [0.25, 0.3) is 0 Å². The molecule has 9 heteroatoms.